The second kappa shape index (κ2) is 5.58. The van der Waals surface area contributed by atoms with Gasteiger partial charge in [-0.3, -0.25) is 14.3 Å². The van der Waals surface area contributed by atoms with Crippen molar-refractivity contribution in [2.24, 2.45) is 0 Å². The molecule has 3 rings (SSSR count). The predicted octanol–water partition coefficient (Wildman–Crippen LogP) is 1.75. The third-order valence-corrected chi connectivity index (χ3v) is 4.69. The smallest absolute Gasteiger partial charge is 0.267 e. The van der Waals surface area contributed by atoms with Gasteiger partial charge in [0.25, 0.3) is 5.56 Å². The standard InChI is InChI=1S/C16H15N3O3S/c1-3-14-18-12-7-4-8-13(23(2,21)22)15(12)16(20)19(14)11-6-5-9-17-10-11/h4-10H,3H2,1-2H3. The van der Waals surface area contributed by atoms with Gasteiger partial charge in [-0.05, 0) is 24.3 Å². The van der Waals surface area contributed by atoms with Gasteiger partial charge >= 0.3 is 0 Å². The summed E-state index contributed by atoms with van der Waals surface area (Å²) in [6.45, 7) is 1.89. The van der Waals surface area contributed by atoms with E-state index in [1.165, 1.54) is 10.6 Å². The maximum absolute atomic E-state index is 13.0. The molecule has 0 aliphatic rings. The maximum atomic E-state index is 13.0. The minimum atomic E-state index is -3.54. The Hall–Kier alpha value is -2.54. The molecule has 0 aliphatic carbocycles. The largest absolute Gasteiger partial charge is 0.268 e. The van der Waals surface area contributed by atoms with Crippen LogP contribution in [-0.4, -0.2) is 29.2 Å². The zero-order valence-electron chi connectivity index (χ0n) is 12.7. The summed E-state index contributed by atoms with van der Waals surface area (Å²) < 4.78 is 25.4. The number of hydrogen-bond acceptors (Lipinski definition) is 5. The van der Waals surface area contributed by atoms with E-state index in [9.17, 15) is 13.2 Å². The molecule has 0 spiro atoms. The molecule has 23 heavy (non-hydrogen) atoms. The lowest BCUT2D eigenvalue weighted by Gasteiger charge is -2.13. The summed E-state index contributed by atoms with van der Waals surface area (Å²) in [5.74, 6) is 0.557. The summed E-state index contributed by atoms with van der Waals surface area (Å²) in [5.41, 5.74) is 0.544. The van der Waals surface area contributed by atoms with E-state index in [1.807, 2.05) is 6.92 Å². The highest BCUT2D eigenvalue weighted by Gasteiger charge is 2.19. The van der Waals surface area contributed by atoms with Crippen molar-refractivity contribution in [3.8, 4) is 5.69 Å². The molecule has 0 fully saturated rings. The van der Waals surface area contributed by atoms with E-state index in [1.54, 1.807) is 36.7 Å². The van der Waals surface area contributed by atoms with E-state index >= 15 is 0 Å². The molecular formula is C16H15N3O3S. The van der Waals surface area contributed by atoms with Gasteiger partial charge in [0.2, 0.25) is 0 Å². The third-order valence-electron chi connectivity index (χ3n) is 3.55. The van der Waals surface area contributed by atoms with E-state index in [-0.39, 0.29) is 10.3 Å². The van der Waals surface area contributed by atoms with Crippen LogP contribution in [0.2, 0.25) is 0 Å². The summed E-state index contributed by atoms with van der Waals surface area (Å²) in [4.78, 5) is 21.5. The van der Waals surface area contributed by atoms with E-state index in [4.69, 9.17) is 0 Å². The fourth-order valence-corrected chi connectivity index (χ4v) is 3.43. The SMILES string of the molecule is CCc1nc2cccc(S(C)(=O)=O)c2c(=O)n1-c1cccnc1. The van der Waals surface area contributed by atoms with Crippen LogP contribution < -0.4 is 5.56 Å². The number of rotatable bonds is 3. The Balaban J connectivity index is 2.51. The molecule has 0 bridgehead atoms. The van der Waals surface area contributed by atoms with Crippen LogP contribution in [0.3, 0.4) is 0 Å². The molecule has 6 nitrogen and oxygen atoms in total. The lowest BCUT2D eigenvalue weighted by atomic mass is 10.2. The molecule has 0 amide bonds. The summed E-state index contributed by atoms with van der Waals surface area (Å²) in [6.07, 6.45) is 4.78. The predicted molar refractivity (Wildman–Crippen MR) is 87.6 cm³/mol. The first-order chi connectivity index (χ1) is 10.9. The number of sulfone groups is 1. The maximum Gasteiger partial charge on any atom is 0.267 e. The molecule has 2 aromatic heterocycles. The Morgan fingerprint density at radius 1 is 1.17 bits per heavy atom. The van der Waals surface area contributed by atoms with Crippen molar-refractivity contribution in [3.05, 3.63) is 58.9 Å². The van der Waals surface area contributed by atoms with E-state index in [0.29, 0.717) is 23.4 Å². The van der Waals surface area contributed by atoms with Crippen molar-refractivity contribution in [1.82, 2.24) is 14.5 Å². The summed E-state index contributed by atoms with van der Waals surface area (Å²) in [5, 5.41) is 0.107. The molecule has 2 heterocycles. The van der Waals surface area contributed by atoms with Gasteiger partial charge in [-0.1, -0.05) is 13.0 Å². The van der Waals surface area contributed by atoms with Crippen LogP contribution in [0.5, 0.6) is 0 Å². The Labute approximate surface area is 133 Å². The number of aryl methyl sites for hydroxylation is 1. The molecule has 3 aromatic rings. The highest BCUT2D eigenvalue weighted by atomic mass is 32.2. The lowest BCUT2D eigenvalue weighted by molar-refractivity contribution is 0.602. The van der Waals surface area contributed by atoms with Gasteiger partial charge in [-0.2, -0.15) is 0 Å². The van der Waals surface area contributed by atoms with Crippen LogP contribution in [-0.2, 0) is 16.3 Å². The quantitative estimate of drug-likeness (QED) is 0.731. The highest BCUT2D eigenvalue weighted by Crippen LogP contribution is 2.20. The first kappa shape index (κ1) is 15.4. The number of pyridine rings is 1. The molecule has 0 radical (unpaired) electrons. The van der Waals surface area contributed by atoms with Gasteiger partial charge in [0.05, 0.1) is 27.7 Å². The Bertz CT molecular complexity index is 1040. The minimum absolute atomic E-state index is 0.00667. The minimum Gasteiger partial charge on any atom is -0.268 e. The van der Waals surface area contributed by atoms with E-state index in [0.717, 1.165) is 6.26 Å². The van der Waals surface area contributed by atoms with Crippen molar-refractivity contribution in [2.45, 2.75) is 18.2 Å². The second-order valence-electron chi connectivity index (χ2n) is 5.16. The van der Waals surface area contributed by atoms with Crippen LogP contribution in [0.15, 0.2) is 52.4 Å². The lowest BCUT2D eigenvalue weighted by Crippen LogP contribution is -2.25. The number of hydrogen-bond donors (Lipinski definition) is 0. The Morgan fingerprint density at radius 2 is 1.96 bits per heavy atom. The fourth-order valence-electron chi connectivity index (χ4n) is 2.54. The molecule has 0 N–H and O–H groups in total. The molecular weight excluding hydrogens is 314 g/mol. The average molecular weight is 329 g/mol. The molecule has 0 saturated carbocycles. The van der Waals surface area contributed by atoms with Crippen LogP contribution >= 0.6 is 0 Å². The second-order valence-corrected chi connectivity index (χ2v) is 7.14. The monoisotopic (exact) mass is 329 g/mol. The normalized spacial score (nSPS) is 11.7. The van der Waals surface area contributed by atoms with E-state index in [2.05, 4.69) is 9.97 Å². The molecule has 0 aliphatic heterocycles. The Kier molecular flexibility index (Phi) is 3.73. The Morgan fingerprint density at radius 3 is 2.57 bits per heavy atom. The molecule has 118 valence electrons. The van der Waals surface area contributed by atoms with Gasteiger partial charge in [0.15, 0.2) is 9.84 Å². The van der Waals surface area contributed by atoms with Gasteiger partial charge in [0, 0.05) is 18.9 Å². The zero-order valence-corrected chi connectivity index (χ0v) is 13.5. The molecule has 1 aromatic carbocycles. The van der Waals surface area contributed by atoms with Gasteiger partial charge in [-0.15, -0.1) is 0 Å². The molecule has 7 heteroatoms. The average Bonchev–Trinajstić information content (AvgIpc) is 2.54. The van der Waals surface area contributed by atoms with Crippen molar-refractivity contribution < 1.29 is 8.42 Å². The summed E-state index contributed by atoms with van der Waals surface area (Å²) in [7, 11) is -3.54. The van der Waals surface area contributed by atoms with E-state index < -0.39 is 15.4 Å². The molecule has 0 saturated heterocycles. The number of benzene rings is 1. The topological polar surface area (TPSA) is 81.9 Å². The fraction of sp³-hybridized carbons (Fsp3) is 0.188. The summed E-state index contributed by atoms with van der Waals surface area (Å²) in [6, 6.07) is 8.13. The first-order valence-corrected chi connectivity index (χ1v) is 8.97. The van der Waals surface area contributed by atoms with Crippen molar-refractivity contribution in [2.75, 3.05) is 6.26 Å². The van der Waals surface area contributed by atoms with Crippen LogP contribution in [0.4, 0.5) is 0 Å². The summed E-state index contributed by atoms with van der Waals surface area (Å²) >= 11 is 0. The van der Waals surface area contributed by atoms with Gasteiger partial charge < -0.3 is 0 Å². The molecule has 0 atom stereocenters. The highest BCUT2D eigenvalue weighted by molar-refractivity contribution is 7.91. The third kappa shape index (κ3) is 2.63. The van der Waals surface area contributed by atoms with Crippen LogP contribution in [0.25, 0.3) is 16.6 Å². The number of fused-ring (bicyclic) bond motifs is 1. The van der Waals surface area contributed by atoms with Crippen molar-refractivity contribution in [1.29, 1.82) is 0 Å². The van der Waals surface area contributed by atoms with Gasteiger partial charge in [-0.25, -0.2) is 13.4 Å². The first-order valence-electron chi connectivity index (χ1n) is 7.08. The number of nitrogens with zero attached hydrogens (tertiary/aromatic N) is 3. The molecule has 0 unspecified atom stereocenters. The van der Waals surface area contributed by atoms with Crippen molar-refractivity contribution >= 4 is 20.7 Å². The number of aromatic nitrogens is 3. The van der Waals surface area contributed by atoms with Crippen molar-refractivity contribution in [3.63, 3.8) is 0 Å². The zero-order chi connectivity index (χ0) is 16.6. The van der Waals surface area contributed by atoms with Crippen LogP contribution in [0.1, 0.15) is 12.7 Å². The van der Waals surface area contributed by atoms with Crippen LogP contribution in [0, 0.1) is 0 Å². The van der Waals surface area contributed by atoms with Gasteiger partial charge in [0.1, 0.15) is 5.82 Å².